The van der Waals surface area contributed by atoms with Gasteiger partial charge < -0.3 is 10.1 Å². The Hall–Kier alpha value is -2.33. The zero-order chi connectivity index (χ0) is 14.3. The molecule has 3 nitrogen and oxygen atoms in total. The Bertz CT molecular complexity index is 806. The zero-order valence-electron chi connectivity index (χ0n) is 10.2. The van der Waals surface area contributed by atoms with E-state index in [0.29, 0.717) is 21.7 Å². The molecule has 5 heteroatoms. The maximum absolute atomic E-state index is 13.5. The summed E-state index contributed by atoms with van der Waals surface area (Å²) in [7, 11) is 0. The van der Waals surface area contributed by atoms with Crippen LogP contribution in [0.3, 0.4) is 0 Å². The second-order valence-corrected chi connectivity index (χ2v) is 4.85. The first-order chi connectivity index (χ1) is 9.54. The zero-order valence-corrected chi connectivity index (χ0v) is 10.9. The molecule has 0 unspecified atom stereocenters. The van der Waals surface area contributed by atoms with Crippen LogP contribution in [0.15, 0.2) is 42.5 Å². The maximum Gasteiger partial charge on any atom is 0.352 e. The van der Waals surface area contributed by atoms with Crippen LogP contribution >= 0.6 is 11.6 Å². The van der Waals surface area contributed by atoms with Crippen molar-refractivity contribution in [3.05, 3.63) is 59.0 Å². The fraction of sp³-hybridized carbons (Fsp3) is 0. The van der Waals surface area contributed by atoms with Crippen LogP contribution in [0.4, 0.5) is 4.39 Å². The molecule has 2 aromatic carbocycles. The number of hydrogen-bond acceptors (Lipinski definition) is 1. The van der Waals surface area contributed by atoms with E-state index in [-0.39, 0.29) is 5.69 Å². The lowest BCUT2D eigenvalue weighted by atomic mass is 10.0. The number of aromatic amines is 1. The first kappa shape index (κ1) is 12.7. The Morgan fingerprint density at radius 1 is 1.20 bits per heavy atom. The van der Waals surface area contributed by atoms with Crippen LogP contribution in [0, 0.1) is 5.82 Å². The molecule has 100 valence electrons. The Kier molecular flexibility index (Phi) is 2.95. The van der Waals surface area contributed by atoms with Crippen molar-refractivity contribution in [2.45, 2.75) is 0 Å². The van der Waals surface area contributed by atoms with Crippen molar-refractivity contribution in [3.63, 3.8) is 0 Å². The van der Waals surface area contributed by atoms with Gasteiger partial charge in [0.25, 0.3) is 0 Å². The number of benzene rings is 2. The van der Waals surface area contributed by atoms with Gasteiger partial charge in [-0.25, -0.2) is 9.18 Å². The van der Waals surface area contributed by atoms with Crippen molar-refractivity contribution < 1.29 is 14.3 Å². The summed E-state index contributed by atoms with van der Waals surface area (Å²) in [5.41, 5.74) is 2.04. The summed E-state index contributed by atoms with van der Waals surface area (Å²) >= 11 is 5.86. The molecule has 0 saturated carbocycles. The lowest BCUT2D eigenvalue weighted by Crippen LogP contribution is -1.95. The second kappa shape index (κ2) is 4.65. The molecule has 0 aliphatic rings. The number of carbonyl (C=O) groups is 1. The van der Waals surface area contributed by atoms with Gasteiger partial charge in [-0.2, -0.15) is 0 Å². The second-order valence-electron chi connectivity index (χ2n) is 4.42. The SMILES string of the molecule is O=C(O)c1cc2cccc(-c3cc(F)cc(Cl)c3)c2[nH]1. The Labute approximate surface area is 118 Å². The van der Waals surface area contributed by atoms with Gasteiger partial charge in [0.1, 0.15) is 11.5 Å². The largest absolute Gasteiger partial charge is 0.477 e. The number of halogens is 2. The topological polar surface area (TPSA) is 53.1 Å². The molecule has 0 fully saturated rings. The van der Waals surface area contributed by atoms with E-state index >= 15 is 0 Å². The third kappa shape index (κ3) is 2.14. The lowest BCUT2D eigenvalue weighted by Gasteiger charge is -2.05. The van der Waals surface area contributed by atoms with Gasteiger partial charge in [-0.1, -0.05) is 29.8 Å². The summed E-state index contributed by atoms with van der Waals surface area (Å²) in [4.78, 5) is 13.9. The van der Waals surface area contributed by atoms with Gasteiger partial charge in [0.15, 0.2) is 0 Å². The molecule has 3 rings (SSSR count). The van der Waals surface area contributed by atoms with E-state index in [1.165, 1.54) is 12.1 Å². The van der Waals surface area contributed by atoms with Gasteiger partial charge in [-0.15, -0.1) is 0 Å². The number of carboxylic acid groups (broad SMARTS) is 1. The maximum atomic E-state index is 13.5. The van der Waals surface area contributed by atoms with Gasteiger partial charge in [-0.05, 0) is 29.8 Å². The van der Waals surface area contributed by atoms with Crippen molar-refractivity contribution in [1.82, 2.24) is 4.98 Å². The highest BCUT2D eigenvalue weighted by Gasteiger charge is 2.12. The van der Waals surface area contributed by atoms with E-state index in [2.05, 4.69) is 4.98 Å². The van der Waals surface area contributed by atoms with Crippen LogP contribution in [0.25, 0.3) is 22.0 Å². The van der Waals surface area contributed by atoms with E-state index in [0.717, 1.165) is 5.39 Å². The Morgan fingerprint density at radius 3 is 2.70 bits per heavy atom. The third-order valence-electron chi connectivity index (χ3n) is 3.06. The highest BCUT2D eigenvalue weighted by Crippen LogP contribution is 2.31. The third-order valence-corrected chi connectivity index (χ3v) is 3.28. The first-order valence-electron chi connectivity index (χ1n) is 5.86. The highest BCUT2D eigenvalue weighted by atomic mass is 35.5. The summed E-state index contributed by atoms with van der Waals surface area (Å²) < 4.78 is 13.5. The van der Waals surface area contributed by atoms with Gasteiger partial charge >= 0.3 is 5.97 Å². The summed E-state index contributed by atoms with van der Waals surface area (Å²) in [5, 5.41) is 10.1. The molecule has 20 heavy (non-hydrogen) atoms. The summed E-state index contributed by atoms with van der Waals surface area (Å²) in [6, 6.07) is 11.1. The average Bonchev–Trinajstić information content (AvgIpc) is 2.81. The van der Waals surface area contributed by atoms with E-state index in [9.17, 15) is 9.18 Å². The fourth-order valence-corrected chi connectivity index (χ4v) is 2.44. The molecule has 0 atom stereocenters. The lowest BCUT2D eigenvalue weighted by molar-refractivity contribution is 0.0691. The van der Waals surface area contributed by atoms with E-state index < -0.39 is 11.8 Å². The number of aromatic carboxylic acids is 1. The number of nitrogens with one attached hydrogen (secondary N) is 1. The molecule has 0 radical (unpaired) electrons. The summed E-state index contributed by atoms with van der Waals surface area (Å²) in [6.07, 6.45) is 0. The number of rotatable bonds is 2. The van der Waals surface area contributed by atoms with Crippen LogP contribution in [-0.2, 0) is 0 Å². The van der Waals surface area contributed by atoms with Crippen LogP contribution in [0.1, 0.15) is 10.5 Å². The van der Waals surface area contributed by atoms with Gasteiger partial charge in [0, 0.05) is 16.0 Å². The molecular formula is C15H9ClFNO2. The predicted molar refractivity (Wildman–Crippen MR) is 75.7 cm³/mol. The normalized spacial score (nSPS) is 10.9. The molecule has 2 N–H and O–H groups in total. The predicted octanol–water partition coefficient (Wildman–Crippen LogP) is 4.33. The average molecular weight is 290 g/mol. The smallest absolute Gasteiger partial charge is 0.352 e. The van der Waals surface area contributed by atoms with E-state index in [1.807, 2.05) is 0 Å². The number of fused-ring (bicyclic) bond motifs is 1. The highest BCUT2D eigenvalue weighted by molar-refractivity contribution is 6.31. The van der Waals surface area contributed by atoms with Gasteiger partial charge in [0.05, 0.1) is 5.52 Å². The number of carboxylic acids is 1. The van der Waals surface area contributed by atoms with Crippen LogP contribution in [0.5, 0.6) is 0 Å². The van der Waals surface area contributed by atoms with E-state index in [1.54, 1.807) is 30.3 Å². The minimum absolute atomic E-state index is 0.0925. The monoisotopic (exact) mass is 289 g/mol. The van der Waals surface area contributed by atoms with Crippen LogP contribution in [-0.4, -0.2) is 16.1 Å². The molecule has 3 aromatic rings. The summed E-state index contributed by atoms with van der Waals surface area (Å²) in [5.74, 6) is -1.47. The minimum Gasteiger partial charge on any atom is -0.477 e. The standard InChI is InChI=1S/C15H9ClFNO2/c16-10-4-9(5-11(17)7-10)12-3-1-2-8-6-13(15(19)20)18-14(8)12/h1-7,18H,(H,19,20). The van der Waals surface area contributed by atoms with Gasteiger partial charge in [0.2, 0.25) is 0 Å². The quantitative estimate of drug-likeness (QED) is 0.738. The Balaban J connectivity index is 2.27. The van der Waals surface area contributed by atoms with Crippen molar-refractivity contribution >= 4 is 28.5 Å². The minimum atomic E-state index is -1.04. The first-order valence-corrected chi connectivity index (χ1v) is 6.24. The van der Waals surface area contributed by atoms with Crippen molar-refractivity contribution in [2.24, 2.45) is 0 Å². The number of hydrogen-bond donors (Lipinski definition) is 2. The van der Waals surface area contributed by atoms with Crippen LogP contribution < -0.4 is 0 Å². The molecule has 0 spiro atoms. The molecule has 0 aliphatic carbocycles. The fourth-order valence-electron chi connectivity index (χ4n) is 2.22. The molecule has 0 bridgehead atoms. The molecule has 1 aromatic heterocycles. The molecule has 0 amide bonds. The van der Waals surface area contributed by atoms with Crippen molar-refractivity contribution in [1.29, 1.82) is 0 Å². The van der Waals surface area contributed by atoms with Crippen LogP contribution in [0.2, 0.25) is 5.02 Å². The molecule has 0 aliphatic heterocycles. The molecule has 0 saturated heterocycles. The Morgan fingerprint density at radius 2 is 2.00 bits per heavy atom. The molecule has 1 heterocycles. The van der Waals surface area contributed by atoms with E-state index in [4.69, 9.17) is 16.7 Å². The number of H-pyrrole nitrogens is 1. The molecular weight excluding hydrogens is 281 g/mol. The van der Waals surface area contributed by atoms with Gasteiger partial charge in [-0.3, -0.25) is 0 Å². The summed E-state index contributed by atoms with van der Waals surface area (Å²) in [6.45, 7) is 0. The van der Waals surface area contributed by atoms with Crippen molar-refractivity contribution in [3.8, 4) is 11.1 Å². The number of aromatic nitrogens is 1. The van der Waals surface area contributed by atoms with Crippen molar-refractivity contribution in [2.75, 3.05) is 0 Å². The number of para-hydroxylation sites is 1.